The number of nitrogens with zero attached hydrogens (tertiary/aromatic N) is 1. The molecule has 1 amide bonds. The first-order chi connectivity index (χ1) is 10.4. The molecule has 1 aromatic rings. The molecule has 1 rings (SSSR count). The van der Waals surface area contributed by atoms with E-state index in [1.54, 1.807) is 18.2 Å². The third-order valence-corrected chi connectivity index (χ3v) is 3.34. The normalized spacial score (nSPS) is 12.5. The molecule has 0 aliphatic rings. The first-order valence-corrected chi connectivity index (χ1v) is 7.61. The summed E-state index contributed by atoms with van der Waals surface area (Å²) in [7, 11) is 0. The molecule has 0 spiro atoms. The first-order valence-electron chi connectivity index (χ1n) is 7.61. The Morgan fingerprint density at radius 1 is 1.23 bits per heavy atom. The number of amides is 1. The number of nitrogens with one attached hydrogen (secondary N) is 1. The smallest absolute Gasteiger partial charge is 0.269 e. The lowest BCUT2D eigenvalue weighted by Gasteiger charge is -2.13. The summed E-state index contributed by atoms with van der Waals surface area (Å²) >= 11 is 0. The molecule has 1 unspecified atom stereocenters. The third-order valence-electron chi connectivity index (χ3n) is 3.34. The largest absolute Gasteiger partial charge is 0.350 e. The van der Waals surface area contributed by atoms with Gasteiger partial charge < -0.3 is 5.32 Å². The second-order valence-corrected chi connectivity index (χ2v) is 5.92. The van der Waals surface area contributed by atoms with Gasteiger partial charge in [0, 0.05) is 24.3 Å². The fourth-order valence-corrected chi connectivity index (χ4v) is 2.07. The number of carbonyl (C=O) groups is 1. The SMILES string of the molecule is CC(C)CCCC(C)NC(=O)C=Cc1ccc([N+](=O)[O-])cc1. The molecule has 5 heteroatoms. The van der Waals surface area contributed by atoms with Crippen molar-refractivity contribution in [2.75, 3.05) is 0 Å². The Morgan fingerprint density at radius 2 is 1.86 bits per heavy atom. The van der Waals surface area contributed by atoms with E-state index in [1.807, 2.05) is 6.92 Å². The molecule has 1 atom stereocenters. The predicted molar refractivity (Wildman–Crippen MR) is 88.4 cm³/mol. The van der Waals surface area contributed by atoms with Gasteiger partial charge in [0.25, 0.3) is 5.69 Å². The van der Waals surface area contributed by atoms with E-state index < -0.39 is 4.92 Å². The van der Waals surface area contributed by atoms with Gasteiger partial charge in [-0.05, 0) is 43.0 Å². The average Bonchev–Trinajstić information content (AvgIpc) is 2.45. The molecule has 0 heterocycles. The monoisotopic (exact) mass is 304 g/mol. The van der Waals surface area contributed by atoms with Crippen LogP contribution < -0.4 is 5.32 Å². The van der Waals surface area contributed by atoms with Crippen LogP contribution >= 0.6 is 0 Å². The molecule has 0 saturated heterocycles. The number of nitro groups is 1. The molecule has 0 radical (unpaired) electrons. The van der Waals surface area contributed by atoms with Crippen molar-refractivity contribution in [1.82, 2.24) is 5.32 Å². The van der Waals surface area contributed by atoms with E-state index in [-0.39, 0.29) is 17.6 Å². The van der Waals surface area contributed by atoms with E-state index in [0.717, 1.165) is 18.4 Å². The topological polar surface area (TPSA) is 72.2 Å². The van der Waals surface area contributed by atoms with Crippen molar-refractivity contribution >= 4 is 17.7 Å². The Balaban J connectivity index is 2.41. The van der Waals surface area contributed by atoms with E-state index in [2.05, 4.69) is 19.2 Å². The summed E-state index contributed by atoms with van der Waals surface area (Å²) in [5.41, 5.74) is 0.800. The Morgan fingerprint density at radius 3 is 2.41 bits per heavy atom. The summed E-state index contributed by atoms with van der Waals surface area (Å²) < 4.78 is 0. The maximum absolute atomic E-state index is 11.8. The van der Waals surface area contributed by atoms with Crippen molar-refractivity contribution in [2.45, 2.75) is 46.1 Å². The molecule has 120 valence electrons. The number of nitro benzene ring substituents is 1. The number of hydrogen-bond acceptors (Lipinski definition) is 3. The average molecular weight is 304 g/mol. The molecule has 0 aromatic heterocycles. The molecule has 5 nitrogen and oxygen atoms in total. The van der Waals surface area contributed by atoms with Crippen molar-refractivity contribution in [1.29, 1.82) is 0 Å². The van der Waals surface area contributed by atoms with Crippen LogP contribution in [0, 0.1) is 16.0 Å². The standard InChI is InChI=1S/C17H24N2O3/c1-13(2)5-4-6-14(3)18-17(20)12-9-15-7-10-16(11-8-15)19(21)22/h7-14H,4-6H2,1-3H3,(H,18,20). The van der Waals surface area contributed by atoms with Gasteiger partial charge >= 0.3 is 0 Å². The number of benzene rings is 1. The molecule has 0 aliphatic heterocycles. The minimum Gasteiger partial charge on any atom is -0.350 e. The Bertz CT molecular complexity index is 521. The van der Waals surface area contributed by atoms with Crippen LogP contribution in [0.2, 0.25) is 0 Å². The number of hydrogen-bond donors (Lipinski definition) is 1. The fraction of sp³-hybridized carbons (Fsp3) is 0.471. The summed E-state index contributed by atoms with van der Waals surface area (Å²) in [6, 6.07) is 6.23. The van der Waals surface area contributed by atoms with Gasteiger partial charge in [-0.2, -0.15) is 0 Å². The van der Waals surface area contributed by atoms with Crippen LogP contribution in [0.1, 0.15) is 45.6 Å². The molecular formula is C17H24N2O3. The lowest BCUT2D eigenvalue weighted by molar-refractivity contribution is -0.384. The number of non-ortho nitro benzene ring substituents is 1. The van der Waals surface area contributed by atoms with Crippen LogP contribution in [0.5, 0.6) is 0 Å². The lowest BCUT2D eigenvalue weighted by atomic mass is 10.0. The second kappa shape index (κ2) is 8.97. The number of rotatable bonds is 8. The van der Waals surface area contributed by atoms with Crippen molar-refractivity contribution in [3.63, 3.8) is 0 Å². The van der Waals surface area contributed by atoms with E-state index in [0.29, 0.717) is 5.92 Å². The zero-order valence-corrected chi connectivity index (χ0v) is 13.4. The highest BCUT2D eigenvalue weighted by molar-refractivity contribution is 5.91. The fourth-order valence-electron chi connectivity index (χ4n) is 2.07. The highest BCUT2D eigenvalue weighted by atomic mass is 16.6. The van der Waals surface area contributed by atoms with Crippen molar-refractivity contribution < 1.29 is 9.72 Å². The summed E-state index contributed by atoms with van der Waals surface area (Å²) in [5.74, 6) is 0.542. The van der Waals surface area contributed by atoms with Crippen LogP contribution in [-0.4, -0.2) is 16.9 Å². The highest BCUT2D eigenvalue weighted by Gasteiger charge is 2.06. The van der Waals surface area contributed by atoms with Crippen molar-refractivity contribution in [2.24, 2.45) is 5.92 Å². The van der Waals surface area contributed by atoms with E-state index in [1.165, 1.54) is 24.6 Å². The summed E-state index contributed by atoms with van der Waals surface area (Å²) in [4.78, 5) is 21.9. The highest BCUT2D eigenvalue weighted by Crippen LogP contribution is 2.13. The maximum atomic E-state index is 11.8. The van der Waals surface area contributed by atoms with Gasteiger partial charge in [0.05, 0.1) is 4.92 Å². The summed E-state index contributed by atoms with van der Waals surface area (Å²) in [6.45, 7) is 6.38. The molecule has 1 N–H and O–H groups in total. The van der Waals surface area contributed by atoms with Crippen LogP contribution in [0.3, 0.4) is 0 Å². The van der Waals surface area contributed by atoms with E-state index >= 15 is 0 Å². The lowest BCUT2D eigenvalue weighted by Crippen LogP contribution is -2.31. The van der Waals surface area contributed by atoms with Gasteiger partial charge in [-0.25, -0.2) is 0 Å². The maximum Gasteiger partial charge on any atom is 0.269 e. The quantitative estimate of drug-likeness (QED) is 0.449. The zero-order valence-electron chi connectivity index (χ0n) is 13.4. The van der Waals surface area contributed by atoms with Crippen molar-refractivity contribution in [3.05, 3.63) is 46.0 Å². The molecule has 0 aliphatic carbocycles. The molecule has 0 fully saturated rings. The van der Waals surface area contributed by atoms with Gasteiger partial charge in [0.1, 0.15) is 0 Å². The van der Waals surface area contributed by atoms with Gasteiger partial charge in [0.2, 0.25) is 5.91 Å². The third kappa shape index (κ3) is 7.02. The van der Waals surface area contributed by atoms with Gasteiger partial charge in [-0.15, -0.1) is 0 Å². The minimum absolute atomic E-state index is 0.0420. The van der Waals surface area contributed by atoms with Crippen LogP contribution in [-0.2, 0) is 4.79 Å². The molecule has 0 saturated carbocycles. The Hall–Kier alpha value is -2.17. The first kappa shape index (κ1) is 17.9. The molecule has 1 aromatic carbocycles. The summed E-state index contributed by atoms with van der Waals surface area (Å²) in [6.07, 6.45) is 6.35. The minimum atomic E-state index is -0.445. The van der Waals surface area contributed by atoms with Gasteiger partial charge in [-0.1, -0.05) is 26.7 Å². The second-order valence-electron chi connectivity index (χ2n) is 5.92. The predicted octanol–water partition coefficient (Wildman–Crippen LogP) is 3.94. The molecule has 0 bridgehead atoms. The zero-order chi connectivity index (χ0) is 16.5. The van der Waals surface area contributed by atoms with Crippen LogP contribution in [0.25, 0.3) is 6.08 Å². The molecule has 22 heavy (non-hydrogen) atoms. The van der Waals surface area contributed by atoms with E-state index in [9.17, 15) is 14.9 Å². The van der Waals surface area contributed by atoms with Gasteiger partial charge in [0.15, 0.2) is 0 Å². The van der Waals surface area contributed by atoms with Crippen LogP contribution in [0.4, 0.5) is 5.69 Å². The molecular weight excluding hydrogens is 280 g/mol. The Labute approximate surface area is 131 Å². The summed E-state index contributed by atoms with van der Waals surface area (Å²) in [5, 5.41) is 13.5. The van der Waals surface area contributed by atoms with Crippen molar-refractivity contribution in [3.8, 4) is 0 Å². The van der Waals surface area contributed by atoms with Crippen LogP contribution in [0.15, 0.2) is 30.3 Å². The van der Waals surface area contributed by atoms with E-state index in [4.69, 9.17) is 0 Å². The Kier molecular flexibility index (Phi) is 7.29. The van der Waals surface area contributed by atoms with Gasteiger partial charge in [-0.3, -0.25) is 14.9 Å². The number of carbonyl (C=O) groups excluding carboxylic acids is 1.